The van der Waals surface area contributed by atoms with E-state index in [2.05, 4.69) is 32.5 Å². The predicted octanol–water partition coefficient (Wildman–Crippen LogP) is 3.22. The van der Waals surface area contributed by atoms with Gasteiger partial charge in [-0.1, -0.05) is 30.3 Å². The fraction of sp³-hybridized carbons (Fsp3) is 0.450. The van der Waals surface area contributed by atoms with Gasteiger partial charge in [-0.3, -0.25) is 4.79 Å². The van der Waals surface area contributed by atoms with Gasteiger partial charge >= 0.3 is 0 Å². The van der Waals surface area contributed by atoms with Crippen molar-refractivity contribution < 1.29 is 4.79 Å². The Bertz CT molecular complexity index is 666. The van der Waals surface area contributed by atoms with Crippen molar-refractivity contribution in [2.45, 2.75) is 45.1 Å². The first-order valence-electron chi connectivity index (χ1n) is 9.16. The molecule has 1 saturated heterocycles. The van der Waals surface area contributed by atoms with Crippen LogP contribution < -0.4 is 10.2 Å². The van der Waals surface area contributed by atoms with Crippen LogP contribution in [0.15, 0.2) is 42.5 Å². The summed E-state index contributed by atoms with van der Waals surface area (Å²) >= 11 is 0. The highest BCUT2D eigenvalue weighted by Crippen LogP contribution is 2.16. The smallest absolute Gasteiger partial charge is 0.272 e. The van der Waals surface area contributed by atoms with E-state index in [9.17, 15) is 4.79 Å². The Kier molecular flexibility index (Phi) is 5.99. The molecule has 5 nitrogen and oxygen atoms in total. The van der Waals surface area contributed by atoms with Gasteiger partial charge in [-0.15, -0.1) is 10.2 Å². The molecule has 0 saturated carbocycles. The van der Waals surface area contributed by atoms with E-state index in [0.717, 1.165) is 31.7 Å². The molecule has 1 aromatic heterocycles. The van der Waals surface area contributed by atoms with E-state index in [1.54, 1.807) is 6.07 Å². The number of rotatable bonds is 6. The minimum Gasteiger partial charge on any atom is -0.355 e. The molecule has 0 bridgehead atoms. The highest BCUT2D eigenvalue weighted by Gasteiger charge is 2.15. The van der Waals surface area contributed by atoms with Crippen LogP contribution in [0.2, 0.25) is 0 Å². The molecular formula is C20H26N4O. The zero-order valence-corrected chi connectivity index (χ0v) is 14.8. The molecule has 2 aromatic rings. The summed E-state index contributed by atoms with van der Waals surface area (Å²) in [4.78, 5) is 14.6. The van der Waals surface area contributed by atoms with Crippen LogP contribution in [0.5, 0.6) is 0 Å². The highest BCUT2D eigenvalue weighted by molar-refractivity contribution is 5.92. The Balaban J connectivity index is 1.50. The number of hydrogen-bond donors (Lipinski definition) is 1. The number of carbonyl (C=O) groups is 1. The summed E-state index contributed by atoms with van der Waals surface area (Å²) in [5.41, 5.74) is 1.67. The van der Waals surface area contributed by atoms with Gasteiger partial charge < -0.3 is 10.2 Å². The second-order valence-electron chi connectivity index (χ2n) is 6.72. The largest absolute Gasteiger partial charge is 0.355 e. The number of aryl methyl sites for hydroxylation is 1. The topological polar surface area (TPSA) is 58.1 Å². The molecule has 3 rings (SSSR count). The summed E-state index contributed by atoms with van der Waals surface area (Å²) in [5.74, 6) is 0.714. The van der Waals surface area contributed by atoms with Crippen LogP contribution in [0, 0.1) is 0 Å². The second kappa shape index (κ2) is 8.60. The maximum Gasteiger partial charge on any atom is 0.272 e. The van der Waals surface area contributed by atoms with Gasteiger partial charge in [-0.2, -0.15) is 0 Å². The van der Waals surface area contributed by atoms with Crippen molar-refractivity contribution in [1.82, 2.24) is 15.5 Å². The second-order valence-corrected chi connectivity index (χ2v) is 6.72. The van der Waals surface area contributed by atoms with E-state index in [-0.39, 0.29) is 11.9 Å². The minimum absolute atomic E-state index is 0.0938. The Hall–Kier alpha value is -2.43. The molecule has 1 fully saturated rings. The number of amides is 1. The van der Waals surface area contributed by atoms with Crippen molar-refractivity contribution in [3.63, 3.8) is 0 Å². The standard InChI is InChI=1S/C20H26N4O/c1-16(10-11-17-8-4-2-5-9-17)21-20(25)18-12-13-19(23-22-18)24-14-6-3-7-15-24/h2,4-5,8-9,12-13,16H,3,6-7,10-11,14-15H2,1H3,(H,21,25). The zero-order valence-electron chi connectivity index (χ0n) is 14.8. The van der Waals surface area contributed by atoms with Gasteiger partial charge in [-0.05, 0) is 56.7 Å². The number of carbonyl (C=O) groups excluding carboxylic acids is 1. The van der Waals surface area contributed by atoms with Crippen molar-refractivity contribution in [3.8, 4) is 0 Å². The third kappa shape index (κ3) is 5.02. The predicted molar refractivity (Wildman–Crippen MR) is 99.8 cm³/mol. The van der Waals surface area contributed by atoms with Gasteiger partial charge in [0.05, 0.1) is 0 Å². The molecule has 1 N–H and O–H groups in total. The van der Waals surface area contributed by atoms with Crippen LogP contribution in [-0.2, 0) is 6.42 Å². The lowest BCUT2D eigenvalue weighted by atomic mass is 10.1. The van der Waals surface area contributed by atoms with Crippen molar-refractivity contribution in [1.29, 1.82) is 0 Å². The summed E-state index contributed by atoms with van der Waals surface area (Å²) in [5, 5.41) is 11.4. The molecule has 1 aliphatic heterocycles. The van der Waals surface area contributed by atoms with E-state index in [1.807, 2.05) is 31.2 Å². The van der Waals surface area contributed by atoms with Gasteiger partial charge in [0.25, 0.3) is 5.91 Å². The average molecular weight is 338 g/mol. The lowest BCUT2D eigenvalue weighted by Gasteiger charge is -2.27. The van der Waals surface area contributed by atoms with E-state index in [4.69, 9.17) is 0 Å². The Labute approximate surface area is 149 Å². The number of nitrogens with zero attached hydrogens (tertiary/aromatic N) is 3. The van der Waals surface area contributed by atoms with Crippen LogP contribution in [0.3, 0.4) is 0 Å². The minimum atomic E-state index is -0.154. The molecule has 1 atom stereocenters. The van der Waals surface area contributed by atoms with E-state index < -0.39 is 0 Å². The fourth-order valence-corrected chi connectivity index (χ4v) is 3.14. The van der Waals surface area contributed by atoms with Crippen molar-refractivity contribution in [2.24, 2.45) is 0 Å². The normalized spacial score (nSPS) is 15.6. The van der Waals surface area contributed by atoms with Gasteiger partial charge in [0, 0.05) is 19.1 Å². The molecule has 1 unspecified atom stereocenters. The van der Waals surface area contributed by atoms with Crippen molar-refractivity contribution in [3.05, 3.63) is 53.7 Å². The quantitative estimate of drug-likeness (QED) is 0.878. The monoisotopic (exact) mass is 338 g/mol. The van der Waals surface area contributed by atoms with Crippen LogP contribution in [0.25, 0.3) is 0 Å². The molecule has 2 heterocycles. The van der Waals surface area contributed by atoms with Crippen LogP contribution in [-0.4, -0.2) is 35.2 Å². The SMILES string of the molecule is CC(CCc1ccccc1)NC(=O)c1ccc(N2CCCCC2)nn1. The number of nitrogens with one attached hydrogen (secondary N) is 1. The first-order chi connectivity index (χ1) is 12.2. The molecule has 1 amide bonds. The van der Waals surface area contributed by atoms with Crippen molar-refractivity contribution >= 4 is 11.7 Å². The van der Waals surface area contributed by atoms with Gasteiger partial charge in [0.2, 0.25) is 0 Å². The Morgan fingerprint density at radius 2 is 1.84 bits per heavy atom. The third-order valence-corrected chi connectivity index (χ3v) is 4.65. The number of hydrogen-bond acceptors (Lipinski definition) is 4. The highest BCUT2D eigenvalue weighted by atomic mass is 16.2. The van der Waals surface area contributed by atoms with E-state index in [1.165, 1.54) is 24.8 Å². The molecule has 25 heavy (non-hydrogen) atoms. The maximum absolute atomic E-state index is 12.3. The van der Waals surface area contributed by atoms with Crippen LogP contribution in [0.1, 0.15) is 48.7 Å². The van der Waals surface area contributed by atoms with Crippen LogP contribution in [0.4, 0.5) is 5.82 Å². The fourth-order valence-electron chi connectivity index (χ4n) is 3.14. The van der Waals surface area contributed by atoms with E-state index in [0.29, 0.717) is 5.69 Å². The Morgan fingerprint density at radius 3 is 2.52 bits per heavy atom. The van der Waals surface area contributed by atoms with Gasteiger partial charge in [0.1, 0.15) is 0 Å². The summed E-state index contributed by atoms with van der Waals surface area (Å²) in [7, 11) is 0. The number of aromatic nitrogens is 2. The molecule has 1 aromatic carbocycles. The summed E-state index contributed by atoms with van der Waals surface area (Å²) in [6.07, 6.45) is 5.52. The molecule has 0 aliphatic carbocycles. The number of benzene rings is 1. The molecule has 1 aliphatic rings. The molecule has 0 spiro atoms. The lowest BCUT2D eigenvalue weighted by Crippen LogP contribution is -2.34. The first-order valence-corrected chi connectivity index (χ1v) is 9.16. The number of piperidine rings is 1. The summed E-state index contributed by atoms with van der Waals surface area (Å²) < 4.78 is 0. The maximum atomic E-state index is 12.3. The average Bonchev–Trinajstić information content (AvgIpc) is 2.68. The Morgan fingerprint density at radius 1 is 1.08 bits per heavy atom. The lowest BCUT2D eigenvalue weighted by molar-refractivity contribution is 0.0932. The van der Waals surface area contributed by atoms with Crippen LogP contribution >= 0.6 is 0 Å². The third-order valence-electron chi connectivity index (χ3n) is 4.65. The first kappa shape index (κ1) is 17.4. The van der Waals surface area contributed by atoms with Crippen molar-refractivity contribution in [2.75, 3.05) is 18.0 Å². The molecule has 0 radical (unpaired) electrons. The number of anilines is 1. The van der Waals surface area contributed by atoms with E-state index >= 15 is 0 Å². The summed E-state index contributed by atoms with van der Waals surface area (Å²) in [6.45, 7) is 4.07. The van der Waals surface area contributed by atoms with Gasteiger partial charge in [-0.25, -0.2) is 0 Å². The molecule has 132 valence electrons. The van der Waals surface area contributed by atoms with Gasteiger partial charge in [0.15, 0.2) is 11.5 Å². The zero-order chi connectivity index (χ0) is 17.5. The summed E-state index contributed by atoms with van der Waals surface area (Å²) in [6, 6.07) is 14.1. The molecule has 5 heteroatoms. The molecular weight excluding hydrogens is 312 g/mol.